The van der Waals surface area contributed by atoms with Crippen LogP contribution in [0.25, 0.3) is 6.08 Å². The molecule has 0 saturated heterocycles. The molecule has 0 saturated carbocycles. The Balaban J connectivity index is 2.56. The van der Waals surface area contributed by atoms with Gasteiger partial charge in [0.15, 0.2) is 6.17 Å². The predicted octanol–water partition coefficient (Wildman–Crippen LogP) is 3.25. The minimum Gasteiger partial charge on any atom is -0.460 e. The van der Waals surface area contributed by atoms with Gasteiger partial charge in [-0.3, -0.25) is 4.79 Å². The summed E-state index contributed by atoms with van der Waals surface area (Å²) < 4.78 is 19.9. The van der Waals surface area contributed by atoms with E-state index >= 15 is 0 Å². The van der Waals surface area contributed by atoms with Crippen molar-refractivity contribution < 1.29 is 24.1 Å². The summed E-state index contributed by atoms with van der Waals surface area (Å²) in [5.41, 5.74) is 0.0731. The predicted molar refractivity (Wildman–Crippen MR) is 90.5 cm³/mol. The number of aliphatic hydroxyl groups excluding tert-OH is 2. The maximum Gasteiger partial charge on any atom is 0.309 e. The number of alkyl halides is 1. The highest BCUT2D eigenvalue weighted by Crippen LogP contribution is 2.16. The summed E-state index contributed by atoms with van der Waals surface area (Å²) in [4.78, 5) is 11.6. The standard InChI is InChI=1S/C17H22BrFO4/c1-17(2,3)23-15(22)10-14(21)16(19)13(20)9-6-11-4-7-12(18)8-5-11/h4-9,13-14,16,20-21H,10H2,1-3H3/b9-6+. The first-order chi connectivity index (χ1) is 10.6. The van der Waals surface area contributed by atoms with Gasteiger partial charge in [0.1, 0.15) is 11.7 Å². The Morgan fingerprint density at radius 1 is 1.30 bits per heavy atom. The van der Waals surface area contributed by atoms with Crippen LogP contribution in [-0.2, 0) is 9.53 Å². The molecule has 23 heavy (non-hydrogen) atoms. The fourth-order valence-corrected chi connectivity index (χ4v) is 2.05. The first-order valence-corrected chi connectivity index (χ1v) is 8.03. The molecule has 2 N–H and O–H groups in total. The van der Waals surface area contributed by atoms with Crippen LogP contribution in [0, 0.1) is 0 Å². The maximum atomic E-state index is 14.0. The minimum absolute atomic E-state index is 0.512. The molecule has 0 fully saturated rings. The third-order valence-electron chi connectivity index (χ3n) is 2.85. The van der Waals surface area contributed by atoms with Crippen LogP contribution in [0.4, 0.5) is 4.39 Å². The summed E-state index contributed by atoms with van der Waals surface area (Å²) >= 11 is 3.30. The van der Waals surface area contributed by atoms with Crippen LogP contribution in [0.2, 0.25) is 0 Å². The van der Waals surface area contributed by atoms with Crippen LogP contribution >= 0.6 is 15.9 Å². The largest absolute Gasteiger partial charge is 0.460 e. The molecular weight excluding hydrogens is 367 g/mol. The zero-order valence-corrected chi connectivity index (χ0v) is 15.0. The van der Waals surface area contributed by atoms with E-state index < -0.39 is 36.4 Å². The molecule has 3 unspecified atom stereocenters. The summed E-state index contributed by atoms with van der Waals surface area (Å²) in [6.07, 6.45) is -2.85. The number of rotatable bonds is 6. The molecule has 4 nitrogen and oxygen atoms in total. The number of carbonyl (C=O) groups excluding carboxylic acids is 1. The molecule has 1 aromatic carbocycles. The van der Waals surface area contributed by atoms with E-state index in [1.807, 2.05) is 12.1 Å². The van der Waals surface area contributed by atoms with Gasteiger partial charge in [-0.15, -0.1) is 0 Å². The molecule has 0 radical (unpaired) electrons. The Labute approximate surface area is 144 Å². The van der Waals surface area contributed by atoms with Crippen LogP contribution in [0.3, 0.4) is 0 Å². The number of carbonyl (C=O) groups is 1. The van der Waals surface area contributed by atoms with E-state index in [1.165, 1.54) is 6.08 Å². The molecule has 128 valence electrons. The van der Waals surface area contributed by atoms with Gasteiger partial charge < -0.3 is 14.9 Å². The van der Waals surface area contributed by atoms with Gasteiger partial charge >= 0.3 is 5.97 Å². The fourth-order valence-electron chi connectivity index (χ4n) is 1.78. The Hall–Kier alpha value is -1.24. The highest BCUT2D eigenvalue weighted by Gasteiger charge is 2.29. The minimum atomic E-state index is -1.98. The molecule has 0 aliphatic rings. The van der Waals surface area contributed by atoms with E-state index in [0.29, 0.717) is 0 Å². The Morgan fingerprint density at radius 2 is 1.87 bits per heavy atom. The molecule has 6 heteroatoms. The SMILES string of the molecule is CC(C)(C)OC(=O)CC(O)C(F)C(O)/C=C/c1ccc(Br)cc1. The van der Waals surface area contributed by atoms with Crippen molar-refractivity contribution in [3.63, 3.8) is 0 Å². The second-order valence-corrected chi connectivity index (χ2v) is 7.12. The van der Waals surface area contributed by atoms with Gasteiger partial charge in [-0.05, 0) is 38.5 Å². The van der Waals surface area contributed by atoms with Gasteiger partial charge in [0.25, 0.3) is 0 Å². The number of hydrogen-bond acceptors (Lipinski definition) is 4. The molecule has 0 aliphatic heterocycles. The Morgan fingerprint density at radius 3 is 2.39 bits per heavy atom. The van der Waals surface area contributed by atoms with E-state index in [0.717, 1.165) is 10.0 Å². The fraction of sp³-hybridized carbons (Fsp3) is 0.471. The highest BCUT2D eigenvalue weighted by molar-refractivity contribution is 9.10. The normalized spacial score (nSPS) is 16.1. The average Bonchev–Trinajstić information content (AvgIpc) is 2.43. The molecule has 1 rings (SSSR count). The lowest BCUT2D eigenvalue weighted by molar-refractivity contribution is -0.158. The molecule has 3 atom stereocenters. The zero-order valence-electron chi connectivity index (χ0n) is 13.4. The highest BCUT2D eigenvalue weighted by atomic mass is 79.9. The van der Waals surface area contributed by atoms with E-state index in [4.69, 9.17) is 4.74 Å². The summed E-state index contributed by atoms with van der Waals surface area (Å²) in [5, 5.41) is 19.5. The third-order valence-corrected chi connectivity index (χ3v) is 3.37. The van der Waals surface area contributed by atoms with Crippen molar-refractivity contribution in [2.24, 2.45) is 0 Å². The van der Waals surface area contributed by atoms with Crippen LogP contribution < -0.4 is 0 Å². The van der Waals surface area contributed by atoms with Crippen LogP contribution in [0.5, 0.6) is 0 Å². The van der Waals surface area contributed by atoms with Crippen LogP contribution in [0.15, 0.2) is 34.8 Å². The third kappa shape index (κ3) is 7.72. The molecule has 0 aromatic heterocycles. The monoisotopic (exact) mass is 388 g/mol. The number of hydrogen-bond donors (Lipinski definition) is 2. The summed E-state index contributed by atoms with van der Waals surface area (Å²) in [6.45, 7) is 5.04. The van der Waals surface area contributed by atoms with Crippen molar-refractivity contribution in [1.29, 1.82) is 0 Å². The lowest BCUT2D eigenvalue weighted by atomic mass is 10.0. The molecule has 0 amide bonds. The van der Waals surface area contributed by atoms with Crippen molar-refractivity contribution in [3.05, 3.63) is 40.4 Å². The summed E-state index contributed by atoms with van der Waals surface area (Å²) in [5.74, 6) is -0.711. The van der Waals surface area contributed by atoms with Gasteiger partial charge in [-0.2, -0.15) is 0 Å². The zero-order chi connectivity index (χ0) is 17.6. The molecule has 0 bridgehead atoms. The summed E-state index contributed by atoms with van der Waals surface area (Å²) in [6, 6.07) is 7.21. The number of aliphatic hydroxyl groups is 2. The summed E-state index contributed by atoms with van der Waals surface area (Å²) in [7, 11) is 0. The van der Waals surface area contributed by atoms with Gasteiger partial charge in [-0.1, -0.05) is 40.2 Å². The Kier molecular flexibility index (Phi) is 7.38. The molecule has 1 aromatic rings. The van der Waals surface area contributed by atoms with Crippen LogP contribution in [0.1, 0.15) is 32.8 Å². The lowest BCUT2D eigenvalue weighted by Gasteiger charge is -2.22. The second-order valence-electron chi connectivity index (χ2n) is 6.20. The van der Waals surface area contributed by atoms with E-state index in [1.54, 1.807) is 39.0 Å². The van der Waals surface area contributed by atoms with Crippen molar-refractivity contribution in [2.75, 3.05) is 0 Å². The van der Waals surface area contributed by atoms with Gasteiger partial charge in [0, 0.05) is 4.47 Å². The Bertz CT molecular complexity index is 537. The van der Waals surface area contributed by atoms with Crippen molar-refractivity contribution in [2.45, 2.75) is 51.2 Å². The van der Waals surface area contributed by atoms with E-state index in [2.05, 4.69) is 15.9 Å². The number of benzene rings is 1. The van der Waals surface area contributed by atoms with Gasteiger partial charge in [-0.25, -0.2) is 4.39 Å². The first kappa shape index (κ1) is 19.8. The topological polar surface area (TPSA) is 66.8 Å². The molecule has 0 heterocycles. The van der Waals surface area contributed by atoms with Gasteiger partial charge in [0.2, 0.25) is 0 Å². The quantitative estimate of drug-likeness (QED) is 0.733. The van der Waals surface area contributed by atoms with Crippen molar-refractivity contribution >= 4 is 28.0 Å². The van der Waals surface area contributed by atoms with E-state index in [-0.39, 0.29) is 0 Å². The number of esters is 1. The van der Waals surface area contributed by atoms with Crippen molar-refractivity contribution in [1.82, 2.24) is 0 Å². The lowest BCUT2D eigenvalue weighted by Crippen LogP contribution is -2.36. The second kappa shape index (κ2) is 8.57. The number of ether oxygens (including phenoxy) is 1. The van der Waals surface area contributed by atoms with Gasteiger partial charge in [0.05, 0.1) is 12.5 Å². The molecular formula is C17H22BrFO4. The first-order valence-electron chi connectivity index (χ1n) is 7.24. The number of halogens is 2. The molecule has 0 spiro atoms. The molecule has 0 aliphatic carbocycles. The van der Waals surface area contributed by atoms with Crippen LogP contribution in [-0.4, -0.2) is 40.2 Å². The maximum absolute atomic E-state index is 14.0. The van der Waals surface area contributed by atoms with E-state index in [9.17, 15) is 19.4 Å². The smallest absolute Gasteiger partial charge is 0.309 e. The average molecular weight is 389 g/mol. The van der Waals surface area contributed by atoms with Crippen molar-refractivity contribution in [3.8, 4) is 0 Å².